The summed E-state index contributed by atoms with van der Waals surface area (Å²) >= 11 is 2.13. The van der Waals surface area contributed by atoms with Crippen molar-refractivity contribution in [2.75, 3.05) is 45.2 Å². The molecule has 1 saturated heterocycles. The van der Waals surface area contributed by atoms with E-state index in [0.29, 0.717) is 17.8 Å². The number of rotatable bonds is 4. The third-order valence-corrected chi connectivity index (χ3v) is 6.56. The molecule has 1 saturated carbocycles. The first kappa shape index (κ1) is 17.9. The van der Waals surface area contributed by atoms with Gasteiger partial charge in [-0.15, -0.1) is 0 Å². The molecule has 0 radical (unpaired) electrons. The lowest BCUT2D eigenvalue weighted by atomic mass is 9.87. The number of aliphatic imine (C=N–C) groups is 1. The summed E-state index contributed by atoms with van der Waals surface area (Å²) in [6, 6.07) is 0. The fourth-order valence-corrected chi connectivity index (χ4v) is 5.31. The minimum Gasteiger partial charge on any atom is -0.355 e. The van der Waals surface area contributed by atoms with E-state index in [2.05, 4.69) is 31.7 Å². The van der Waals surface area contributed by atoms with Gasteiger partial charge in [-0.3, -0.25) is 4.99 Å². The van der Waals surface area contributed by atoms with Gasteiger partial charge in [-0.2, -0.15) is 11.8 Å². The molecule has 2 N–H and O–H groups in total. The van der Waals surface area contributed by atoms with Crippen LogP contribution in [0.4, 0.5) is 0 Å². The molecule has 2 fully saturated rings. The highest BCUT2D eigenvalue weighted by molar-refractivity contribution is 8.00. The van der Waals surface area contributed by atoms with Crippen molar-refractivity contribution in [3.63, 3.8) is 0 Å². The molecule has 1 heterocycles. The van der Waals surface area contributed by atoms with Crippen molar-refractivity contribution in [1.82, 2.24) is 14.9 Å². The Kier molecular flexibility index (Phi) is 6.40. The molecular weight excluding hydrogens is 320 g/mol. The molecule has 0 amide bonds. The Hall–Kier alpha value is -0.470. The Morgan fingerprint density at radius 2 is 2.00 bits per heavy atom. The molecule has 2 rings (SSSR count). The maximum atomic E-state index is 11.1. The predicted octanol–water partition coefficient (Wildman–Crippen LogP) is 0.863. The third-order valence-electron chi connectivity index (χ3n) is 4.30. The van der Waals surface area contributed by atoms with Crippen LogP contribution in [0.3, 0.4) is 0 Å². The molecule has 128 valence electrons. The van der Waals surface area contributed by atoms with E-state index >= 15 is 0 Å². The summed E-state index contributed by atoms with van der Waals surface area (Å²) in [4.78, 5) is 6.70. The highest BCUT2D eigenvalue weighted by atomic mass is 32.2. The number of hydrogen-bond acceptors (Lipinski definition) is 4. The van der Waals surface area contributed by atoms with Crippen LogP contribution in [-0.2, 0) is 10.0 Å². The third kappa shape index (κ3) is 5.31. The van der Waals surface area contributed by atoms with Crippen LogP contribution in [0.25, 0.3) is 0 Å². The molecule has 1 aliphatic carbocycles. The van der Waals surface area contributed by atoms with E-state index < -0.39 is 10.0 Å². The van der Waals surface area contributed by atoms with Crippen LogP contribution < -0.4 is 10.0 Å². The number of sulfonamides is 1. The second-order valence-electron chi connectivity index (χ2n) is 6.15. The maximum Gasteiger partial charge on any atom is 0.208 e. The van der Waals surface area contributed by atoms with Gasteiger partial charge in [0.05, 0.1) is 6.26 Å². The standard InChI is InChI=1S/C14H28N4O2S2/c1-15-13(16-8-9-17-22(2,19)20)18-10-11-21-14(12-18)6-4-3-5-7-14/h17H,3-12H2,1-2H3,(H,15,16). The normalized spacial score (nSPS) is 22.8. The number of hydrogen-bond donors (Lipinski definition) is 2. The number of guanidine groups is 1. The van der Waals surface area contributed by atoms with E-state index in [1.807, 2.05) is 0 Å². The molecule has 0 aromatic carbocycles. The highest BCUT2D eigenvalue weighted by Gasteiger charge is 2.38. The molecule has 0 bridgehead atoms. The first-order valence-electron chi connectivity index (χ1n) is 7.98. The van der Waals surface area contributed by atoms with Crippen LogP contribution in [0.2, 0.25) is 0 Å². The van der Waals surface area contributed by atoms with Crippen LogP contribution in [-0.4, -0.2) is 69.3 Å². The van der Waals surface area contributed by atoms with Gasteiger partial charge in [0.15, 0.2) is 5.96 Å². The summed E-state index contributed by atoms with van der Waals surface area (Å²) in [5, 5.41) is 3.27. The second kappa shape index (κ2) is 7.88. The number of nitrogens with one attached hydrogen (secondary N) is 2. The minimum atomic E-state index is -3.12. The van der Waals surface area contributed by atoms with Gasteiger partial charge in [0.25, 0.3) is 0 Å². The second-order valence-corrected chi connectivity index (χ2v) is 9.55. The number of thioether (sulfide) groups is 1. The van der Waals surface area contributed by atoms with Gasteiger partial charge in [0, 0.05) is 43.7 Å². The summed E-state index contributed by atoms with van der Waals surface area (Å²) in [5.41, 5.74) is 0. The molecule has 2 aliphatic rings. The van der Waals surface area contributed by atoms with Crippen molar-refractivity contribution in [2.24, 2.45) is 4.99 Å². The fourth-order valence-electron chi connectivity index (χ4n) is 3.27. The average Bonchev–Trinajstić information content (AvgIpc) is 2.47. The van der Waals surface area contributed by atoms with Crippen molar-refractivity contribution >= 4 is 27.7 Å². The predicted molar refractivity (Wildman–Crippen MR) is 94.1 cm³/mol. The quantitative estimate of drug-likeness (QED) is 0.448. The molecule has 8 heteroatoms. The smallest absolute Gasteiger partial charge is 0.208 e. The molecule has 0 aromatic heterocycles. The van der Waals surface area contributed by atoms with Gasteiger partial charge >= 0.3 is 0 Å². The zero-order valence-electron chi connectivity index (χ0n) is 13.6. The largest absolute Gasteiger partial charge is 0.355 e. The van der Waals surface area contributed by atoms with Crippen LogP contribution in [0.1, 0.15) is 32.1 Å². The van der Waals surface area contributed by atoms with Gasteiger partial charge in [0.1, 0.15) is 0 Å². The monoisotopic (exact) mass is 348 g/mol. The summed E-state index contributed by atoms with van der Waals surface area (Å²) in [6.07, 6.45) is 7.83. The van der Waals surface area contributed by atoms with Crippen molar-refractivity contribution in [1.29, 1.82) is 0 Å². The van der Waals surface area contributed by atoms with Gasteiger partial charge in [-0.05, 0) is 12.8 Å². The molecule has 0 unspecified atom stereocenters. The highest BCUT2D eigenvalue weighted by Crippen LogP contribution is 2.42. The van der Waals surface area contributed by atoms with E-state index in [0.717, 1.165) is 24.8 Å². The molecule has 1 spiro atoms. The van der Waals surface area contributed by atoms with E-state index in [1.165, 1.54) is 38.4 Å². The van der Waals surface area contributed by atoms with Crippen molar-refractivity contribution < 1.29 is 8.42 Å². The topological polar surface area (TPSA) is 73.8 Å². The Morgan fingerprint density at radius 3 is 2.64 bits per heavy atom. The van der Waals surface area contributed by atoms with E-state index in [-0.39, 0.29) is 0 Å². The summed E-state index contributed by atoms with van der Waals surface area (Å²) in [5.74, 6) is 2.03. The molecular formula is C14H28N4O2S2. The summed E-state index contributed by atoms with van der Waals surface area (Å²) in [7, 11) is -1.33. The van der Waals surface area contributed by atoms with Crippen LogP contribution in [0.5, 0.6) is 0 Å². The lowest BCUT2D eigenvalue weighted by Crippen LogP contribution is -2.54. The van der Waals surface area contributed by atoms with Crippen LogP contribution in [0.15, 0.2) is 4.99 Å². The van der Waals surface area contributed by atoms with E-state index in [1.54, 1.807) is 7.05 Å². The summed E-state index contributed by atoms with van der Waals surface area (Å²) < 4.78 is 25.0. The molecule has 6 nitrogen and oxygen atoms in total. The Balaban J connectivity index is 1.85. The van der Waals surface area contributed by atoms with Gasteiger partial charge < -0.3 is 10.2 Å². The minimum absolute atomic E-state index is 0.381. The zero-order chi connectivity index (χ0) is 16.1. The first-order valence-corrected chi connectivity index (χ1v) is 10.9. The van der Waals surface area contributed by atoms with Gasteiger partial charge in [-0.1, -0.05) is 19.3 Å². The van der Waals surface area contributed by atoms with Gasteiger partial charge in [0.2, 0.25) is 10.0 Å². The Labute approximate surface area is 138 Å². The fraction of sp³-hybridized carbons (Fsp3) is 0.929. The Morgan fingerprint density at radius 1 is 1.27 bits per heavy atom. The molecule has 22 heavy (non-hydrogen) atoms. The maximum absolute atomic E-state index is 11.1. The van der Waals surface area contributed by atoms with Gasteiger partial charge in [-0.25, -0.2) is 13.1 Å². The van der Waals surface area contributed by atoms with Crippen molar-refractivity contribution in [2.45, 2.75) is 36.9 Å². The van der Waals surface area contributed by atoms with Crippen molar-refractivity contribution in [3.8, 4) is 0 Å². The van der Waals surface area contributed by atoms with E-state index in [9.17, 15) is 8.42 Å². The first-order chi connectivity index (χ1) is 10.4. The lowest BCUT2D eigenvalue weighted by molar-refractivity contribution is 0.293. The van der Waals surface area contributed by atoms with Crippen LogP contribution in [0, 0.1) is 0 Å². The lowest BCUT2D eigenvalue weighted by Gasteiger charge is -2.45. The molecule has 0 aromatic rings. The zero-order valence-corrected chi connectivity index (χ0v) is 15.2. The average molecular weight is 349 g/mol. The summed E-state index contributed by atoms with van der Waals surface area (Å²) in [6.45, 7) is 2.99. The van der Waals surface area contributed by atoms with E-state index in [4.69, 9.17) is 0 Å². The SMILES string of the molecule is CN=C(NCCNS(C)(=O)=O)N1CCSC2(CCCCC2)C1. The molecule has 1 aliphatic heterocycles. The van der Waals surface area contributed by atoms with Crippen molar-refractivity contribution in [3.05, 3.63) is 0 Å². The number of nitrogens with zero attached hydrogens (tertiary/aromatic N) is 2. The Bertz CT molecular complexity index is 482. The van der Waals surface area contributed by atoms with Crippen LogP contribution >= 0.6 is 11.8 Å². The molecule has 0 atom stereocenters.